The van der Waals surface area contributed by atoms with Crippen LogP contribution in [-0.2, 0) is 14.8 Å². The van der Waals surface area contributed by atoms with Gasteiger partial charge in [0.1, 0.15) is 0 Å². The molecule has 0 aromatic heterocycles. The number of rotatable bonds is 3. The predicted octanol–water partition coefficient (Wildman–Crippen LogP) is 1.07. The van der Waals surface area contributed by atoms with Crippen molar-refractivity contribution in [2.45, 2.75) is 30.4 Å². The number of nitrogens with zero attached hydrogens (tertiary/aromatic N) is 1. The Morgan fingerprint density at radius 1 is 1.24 bits per heavy atom. The van der Waals surface area contributed by atoms with Crippen molar-refractivity contribution in [2.24, 2.45) is 11.1 Å². The number of carbonyl (C=O) groups excluding carboxylic acids is 1. The lowest BCUT2D eigenvalue weighted by atomic mass is 10.1. The average molecular weight is 308 g/mol. The van der Waals surface area contributed by atoms with E-state index in [4.69, 9.17) is 5.14 Å². The number of nitrogens with two attached hydrogens (primary N) is 1. The number of hydrogen-bond donors (Lipinski definition) is 1. The van der Waals surface area contributed by atoms with E-state index < -0.39 is 15.3 Å². The molecule has 3 unspecified atom stereocenters. The summed E-state index contributed by atoms with van der Waals surface area (Å²) in [6, 6.07) is 10.0. The molecule has 1 aliphatic carbocycles. The molecule has 5 nitrogen and oxygen atoms in total. The molecule has 2 aliphatic rings. The first-order chi connectivity index (χ1) is 9.97. The second-order valence-corrected chi connectivity index (χ2v) is 7.84. The maximum Gasteiger partial charge on any atom is 0.226 e. The van der Waals surface area contributed by atoms with Crippen LogP contribution < -0.4 is 5.14 Å². The van der Waals surface area contributed by atoms with E-state index in [2.05, 4.69) is 0 Å². The molecule has 1 saturated carbocycles. The summed E-state index contributed by atoms with van der Waals surface area (Å²) in [7, 11) is -3.56. The van der Waals surface area contributed by atoms with Crippen LogP contribution in [0.25, 0.3) is 0 Å². The van der Waals surface area contributed by atoms with Gasteiger partial charge in [-0.3, -0.25) is 4.79 Å². The molecule has 1 heterocycles. The fraction of sp³-hybridized carbons (Fsp3) is 0.533. The van der Waals surface area contributed by atoms with Crippen LogP contribution in [0.4, 0.5) is 0 Å². The van der Waals surface area contributed by atoms with Gasteiger partial charge in [-0.05, 0) is 30.7 Å². The number of likely N-dealkylation sites (tertiary alicyclic amines) is 1. The first-order valence-electron chi connectivity index (χ1n) is 7.32. The minimum atomic E-state index is -3.56. The number of primary sulfonamides is 1. The molecule has 2 N–H and O–H groups in total. The molecule has 2 fully saturated rings. The standard InChI is InChI=1S/C15H20N2O3S/c16-21(19,20)12-7-4-8-17(10-12)15(18)14-9-13(14)11-5-2-1-3-6-11/h1-3,5-6,12-14H,4,7-10H2,(H2,16,19,20). The van der Waals surface area contributed by atoms with Crippen LogP contribution >= 0.6 is 0 Å². The van der Waals surface area contributed by atoms with Gasteiger partial charge in [0.15, 0.2) is 0 Å². The Balaban J connectivity index is 1.64. The van der Waals surface area contributed by atoms with Crippen LogP contribution in [0.2, 0.25) is 0 Å². The molecule has 3 atom stereocenters. The lowest BCUT2D eigenvalue weighted by Crippen LogP contribution is -2.47. The van der Waals surface area contributed by atoms with Gasteiger partial charge in [-0.2, -0.15) is 0 Å². The minimum absolute atomic E-state index is 0.00614. The normalized spacial score (nSPS) is 29.2. The van der Waals surface area contributed by atoms with Crippen LogP contribution in [0.3, 0.4) is 0 Å². The molecule has 1 aromatic rings. The Kier molecular flexibility index (Phi) is 3.75. The molecular formula is C15H20N2O3S. The molecular weight excluding hydrogens is 288 g/mol. The molecule has 1 amide bonds. The van der Waals surface area contributed by atoms with Crippen LogP contribution in [0.15, 0.2) is 30.3 Å². The second kappa shape index (κ2) is 5.42. The molecule has 0 spiro atoms. The van der Waals surface area contributed by atoms with E-state index in [0.29, 0.717) is 19.4 Å². The van der Waals surface area contributed by atoms with E-state index in [1.54, 1.807) is 4.90 Å². The summed E-state index contributed by atoms with van der Waals surface area (Å²) >= 11 is 0. The van der Waals surface area contributed by atoms with Crippen molar-refractivity contribution in [1.82, 2.24) is 4.90 Å². The van der Waals surface area contributed by atoms with Crippen LogP contribution in [-0.4, -0.2) is 37.6 Å². The predicted molar refractivity (Wildman–Crippen MR) is 80.0 cm³/mol. The maximum absolute atomic E-state index is 12.5. The fourth-order valence-corrected chi connectivity index (χ4v) is 4.06. The zero-order chi connectivity index (χ0) is 15.0. The molecule has 6 heteroatoms. The van der Waals surface area contributed by atoms with E-state index in [-0.39, 0.29) is 24.3 Å². The van der Waals surface area contributed by atoms with E-state index in [1.165, 1.54) is 5.56 Å². The van der Waals surface area contributed by atoms with Gasteiger partial charge in [0.2, 0.25) is 15.9 Å². The van der Waals surface area contributed by atoms with E-state index in [1.807, 2.05) is 30.3 Å². The first kappa shape index (κ1) is 14.5. The molecule has 0 radical (unpaired) electrons. The van der Waals surface area contributed by atoms with Gasteiger partial charge in [-0.1, -0.05) is 30.3 Å². The quantitative estimate of drug-likeness (QED) is 0.907. The van der Waals surface area contributed by atoms with Gasteiger partial charge in [0.05, 0.1) is 5.25 Å². The monoisotopic (exact) mass is 308 g/mol. The summed E-state index contributed by atoms with van der Waals surface area (Å²) < 4.78 is 22.9. The number of hydrogen-bond acceptors (Lipinski definition) is 3. The van der Waals surface area contributed by atoms with Crippen molar-refractivity contribution >= 4 is 15.9 Å². The molecule has 21 heavy (non-hydrogen) atoms. The largest absolute Gasteiger partial charge is 0.341 e. The number of carbonyl (C=O) groups is 1. The second-order valence-electron chi connectivity index (χ2n) is 6.00. The minimum Gasteiger partial charge on any atom is -0.341 e. The molecule has 0 bridgehead atoms. The molecule has 3 rings (SSSR count). The Bertz CT molecular complexity index is 630. The summed E-state index contributed by atoms with van der Waals surface area (Å²) in [5.74, 6) is 0.373. The third-order valence-corrected chi connectivity index (χ3v) is 5.80. The Labute approximate surface area is 125 Å². The van der Waals surface area contributed by atoms with Gasteiger partial charge >= 0.3 is 0 Å². The van der Waals surface area contributed by atoms with Gasteiger partial charge < -0.3 is 4.90 Å². The topological polar surface area (TPSA) is 80.5 Å². The third kappa shape index (κ3) is 3.11. The fourth-order valence-electron chi connectivity index (χ4n) is 3.18. The third-order valence-electron chi connectivity index (χ3n) is 4.49. The summed E-state index contributed by atoms with van der Waals surface area (Å²) in [6.07, 6.45) is 2.12. The van der Waals surface area contributed by atoms with Crippen LogP contribution in [0.5, 0.6) is 0 Å². The highest BCUT2D eigenvalue weighted by Crippen LogP contribution is 2.48. The molecule has 1 aliphatic heterocycles. The molecule has 1 saturated heterocycles. The Morgan fingerprint density at radius 3 is 2.62 bits per heavy atom. The SMILES string of the molecule is NS(=O)(=O)C1CCCN(C(=O)C2CC2c2ccccc2)C1. The van der Waals surface area contributed by atoms with E-state index >= 15 is 0 Å². The first-order valence-corrected chi connectivity index (χ1v) is 8.93. The van der Waals surface area contributed by atoms with Gasteiger partial charge in [0, 0.05) is 19.0 Å². The highest BCUT2D eigenvalue weighted by atomic mass is 32.2. The summed E-state index contributed by atoms with van der Waals surface area (Å²) in [5.41, 5.74) is 1.19. The van der Waals surface area contributed by atoms with Crippen LogP contribution in [0, 0.1) is 5.92 Å². The van der Waals surface area contributed by atoms with Crippen molar-refractivity contribution in [2.75, 3.05) is 13.1 Å². The van der Waals surface area contributed by atoms with Crippen LogP contribution in [0.1, 0.15) is 30.7 Å². The number of amides is 1. The number of sulfonamides is 1. The van der Waals surface area contributed by atoms with Crippen molar-refractivity contribution in [1.29, 1.82) is 0 Å². The van der Waals surface area contributed by atoms with E-state index in [9.17, 15) is 13.2 Å². The lowest BCUT2D eigenvalue weighted by Gasteiger charge is -2.31. The maximum atomic E-state index is 12.5. The highest BCUT2D eigenvalue weighted by molar-refractivity contribution is 7.89. The van der Waals surface area contributed by atoms with Crippen molar-refractivity contribution in [3.05, 3.63) is 35.9 Å². The van der Waals surface area contributed by atoms with Gasteiger partial charge in [-0.25, -0.2) is 13.6 Å². The summed E-state index contributed by atoms with van der Waals surface area (Å²) in [5, 5.41) is 4.61. The smallest absolute Gasteiger partial charge is 0.226 e. The zero-order valence-corrected chi connectivity index (χ0v) is 12.6. The number of benzene rings is 1. The Hall–Kier alpha value is -1.40. The lowest BCUT2D eigenvalue weighted by molar-refractivity contribution is -0.133. The summed E-state index contributed by atoms with van der Waals surface area (Å²) in [6.45, 7) is 0.887. The molecule has 114 valence electrons. The highest BCUT2D eigenvalue weighted by Gasteiger charge is 2.46. The van der Waals surface area contributed by atoms with Crippen molar-refractivity contribution < 1.29 is 13.2 Å². The van der Waals surface area contributed by atoms with E-state index in [0.717, 1.165) is 6.42 Å². The Morgan fingerprint density at radius 2 is 1.95 bits per heavy atom. The van der Waals surface area contributed by atoms with Gasteiger partial charge in [-0.15, -0.1) is 0 Å². The van der Waals surface area contributed by atoms with Crippen molar-refractivity contribution in [3.63, 3.8) is 0 Å². The molecule has 1 aromatic carbocycles. The van der Waals surface area contributed by atoms with Gasteiger partial charge in [0.25, 0.3) is 0 Å². The number of piperidine rings is 1. The van der Waals surface area contributed by atoms with Crippen molar-refractivity contribution in [3.8, 4) is 0 Å². The average Bonchev–Trinajstić information content (AvgIpc) is 3.27. The summed E-state index contributed by atoms with van der Waals surface area (Å²) in [4.78, 5) is 14.2. The zero-order valence-electron chi connectivity index (χ0n) is 11.8.